The van der Waals surface area contributed by atoms with Crippen LogP contribution in [-0.4, -0.2) is 22.9 Å². The Morgan fingerprint density at radius 2 is 2.21 bits per heavy atom. The minimum atomic E-state index is -0.492. The highest BCUT2D eigenvalue weighted by Gasteiger charge is 2.17. The lowest BCUT2D eigenvalue weighted by atomic mass is 10.2. The van der Waals surface area contributed by atoms with Gasteiger partial charge in [-0.15, -0.1) is 0 Å². The van der Waals surface area contributed by atoms with Crippen LogP contribution in [0.2, 0.25) is 0 Å². The van der Waals surface area contributed by atoms with Gasteiger partial charge in [-0.2, -0.15) is 4.98 Å². The first-order valence-electron chi connectivity index (χ1n) is 5.58. The summed E-state index contributed by atoms with van der Waals surface area (Å²) in [6.45, 7) is 1.79. The molecule has 0 amide bonds. The van der Waals surface area contributed by atoms with E-state index in [1.807, 2.05) is 0 Å². The molecule has 2 aromatic rings. The Labute approximate surface area is 108 Å². The third kappa shape index (κ3) is 2.35. The highest BCUT2D eigenvalue weighted by atomic mass is 16.7. The summed E-state index contributed by atoms with van der Waals surface area (Å²) in [4.78, 5) is 15.8. The van der Waals surface area contributed by atoms with Gasteiger partial charge in [0, 0.05) is 0 Å². The fourth-order valence-corrected chi connectivity index (χ4v) is 1.63. The van der Waals surface area contributed by atoms with Crippen molar-refractivity contribution in [2.45, 2.75) is 13.5 Å². The summed E-state index contributed by atoms with van der Waals surface area (Å²) in [7, 11) is 0. The molecule has 2 heterocycles. The van der Waals surface area contributed by atoms with Crippen molar-refractivity contribution in [2.24, 2.45) is 0 Å². The summed E-state index contributed by atoms with van der Waals surface area (Å²) in [6, 6.07) is 4.84. The fourth-order valence-electron chi connectivity index (χ4n) is 1.63. The maximum Gasteiger partial charge on any atom is 0.338 e. The molecule has 0 unspecified atom stereocenters. The highest BCUT2D eigenvalue weighted by Crippen LogP contribution is 2.32. The molecule has 0 aliphatic carbocycles. The Balaban J connectivity index is 1.67. The van der Waals surface area contributed by atoms with Crippen molar-refractivity contribution in [3.63, 3.8) is 0 Å². The Bertz CT molecular complexity index is 622. The van der Waals surface area contributed by atoms with Crippen LogP contribution in [0.25, 0.3) is 0 Å². The molecular weight excluding hydrogens is 252 g/mol. The topological polar surface area (TPSA) is 83.7 Å². The van der Waals surface area contributed by atoms with Crippen molar-refractivity contribution in [3.8, 4) is 11.5 Å². The van der Waals surface area contributed by atoms with Gasteiger partial charge in [0.1, 0.15) is 0 Å². The van der Waals surface area contributed by atoms with Crippen LogP contribution in [0.1, 0.15) is 22.1 Å². The first kappa shape index (κ1) is 11.5. The van der Waals surface area contributed by atoms with Crippen molar-refractivity contribution < 1.29 is 23.5 Å². The van der Waals surface area contributed by atoms with E-state index in [1.165, 1.54) is 0 Å². The van der Waals surface area contributed by atoms with Crippen molar-refractivity contribution in [1.82, 2.24) is 10.1 Å². The number of carbonyl (C=O) groups excluding carboxylic acids is 1. The molecule has 7 nitrogen and oxygen atoms in total. The first-order chi connectivity index (χ1) is 9.22. The van der Waals surface area contributed by atoms with Crippen molar-refractivity contribution in [2.75, 3.05) is 6.79 Å². The number of ether oxygens (including phenoxy) is 3. The molecule has 0 radical (unpaired) electrons. The molecule has 0 saturated heterocycles. The zero-order valence-electron chi connectivity index (χ0n) is 10.1. The third-order valence-electron chi connectivity index (χ3n) is 2.50. The lowest BCUT2D eigenvalue weighted by Crippen LogP contribution is -2.05. The number of aryl methyl sites for hydroxylation is 1. The van der Waals surface area contributed by atoms with E-state index in [-0.39, 0.29) is 19.3 Å². The molecule has 0 fully saturated rings. The van der Waals surface area contributed by atoms with Crippen LogP contribution in [0.15, 0.2) is 22.7 Å². The lowest BCUT2D eigenvalue weighted by Gasteiger charge is -2.02. The van der Waals surface area contributed by atoms with Crippen LogP contribution in [0, 0.1) is 6.92 Å². The third-order valence-corrected chi connectivity index (χ3v) is 2.50. The van der Waals surface area contributed by atoms with Gasteiger partial charge in [-0.05, 0) is 25.1 Å². The van der Waals surface area contributed by atoms with Crippen molar-refractivity contribution in [1.29, 1.82) is 0 Å². The second kappa shape index (κ2) is 4.60. The van der Waals surface area contributed by atoms with Gasteiger partial charge in [-0.3, -0.25) is 0 Å². The molecule has 0 spiro atoms. The largest absolute Gasteiger partial charge is 0.454 e. The molecule has 98 valence electrons. The number of esters is 1. The molecule has 1 aliphatic heterocycles. The van der Waals surface area contributed by atoms with E-state index in [2.05, 4.69) is 10.1 Å². The number of hydrogen-bond acceptors (Lipinski definition) is 7. The smallest absolute Gasteiger partial charge is 0.338 e. The van der Waals surface area contributed by atoms with Gasteiger partial charge in [-0.25, -0.2) is 4.79 Å². The van der Waals surface area contributed by atoms with Crippen molar-refractivity contribution >= 4 is 5.97 Å². The quantitative estimate of drug-likeness (QED) is 0.774. The number of hydrogen-bond donors (Lipinski definition) is 0. The predicted octanol–water partition coefficient (Wildman–Crippen LogP) is 1.46. The first-order valence-corrected chi connectivity index (χ1v) is 5.58. The van der Waals surface area contributed by atoms with Gasteiger partial charge >= 0.3 is 5.97 Å². The van der Waals surface area contributed by atoms with E-state index in [0.717, 1.165) is 0 Å². The van der Waals surface area contributed by atoms with E-state index in [0.29, 0.717) is 22.9 Å². The van der Waals surface area contributed by atoms with Crippen LogP contribution in [0.3, 0.4) is 0 Å². The van der Waals surface area contributed by atoms with Gasteiger partial charge in [0.2, 0.25) is 6.79 Å². The molecular formula is C12H10N2O5. The molecule has 0 saturated carbocycles. The van der Waals surface area contributed by atoms with Crippen LogP contribution in [0.4, 0.5) is 0 Å². The predicted molar refractivity (Wildman–Crippen MR) is 60.7 cm³/mol. The van der Waals surface area contributed by atoms with Gasteiger partial charge in [-0.1, -0.05) is 5.16 Å². The highest BCUT2D eigenvalue weighted by molar-refractivity contribution is 5.90. The van der Waals surface area contributed by atoms with E-state index < -0.39 is 5.97 Å². The molecule has 1 aromatic carbocycles. The van der Waals surface area contributed by atoms with Crippen LogP contribution in [0.5, 0.6) is 11.5 Å². The second-order valence-electron chi connectivity index (χ2n) is 3.88. The Morgan fingerprint density at radius 1 is 1.37 bits per heavy atom. The summed E-state index contributed by atoms with van der Waals surface area (Å²) in [6.07, 6.45) is 0. The average Bonchev–Trinajstić information content (AvgIpc) is 3.03. The van der Waals surface area contributed by atoms with Crippen LogP contribution in [-0.2, 0) is 11.3 Å². The number of rotatable bonds is 3. The van der Waals surface area contributed by atoms with Gasteiger partial charge in [0.25, 0.3) is 5.89 Å². The number of carbonyl (C=O) groups is 1. The minimum absolute atomic E-state index is 0.0614. The lowest BCUT2D eigenvalue weighted by molar-refractivity contribution is 0.0429. The fraction of sp³-hybridized carbons (Fsp3) is 0.250. The number of benzene rings is 1. The standard InChI is InChI=1S/C12H10N2O5/c1-7-13-11(19-14-7)5-16-12(15)8-2-3-9-10(4-8)18-6-17-9/h2-4H,5-6H2,1H3. The molecule has 19 heavy (non-hydrogen) atoms. The van der Waals surface area contributed by atoms with Crippen molar-refractivity contribution in [3.05, 3.63) is 35.5 Å². The Hall–Kier alpha value is -2.57. The Morgan fingerprint density at radius 3 is 3.00 bits per heavy atom. The average molecular weight is 262 g/mol. The maximum absolute atomic E-state index is 11.8. The monoisotopic (exact) mass is 262 g/mol. The number of nitrogens with zero attached hydrogens (tertiary/aromatic N) is 2. The molecule has 7 heteroatoms. The van der Waals surface area contributed by atoms with E-state index in [4.69, 9.17) is 18.7 Å². The van der Waals surface area contributed by atoms with Gasteiger partial charge in [0.05, 0.1) is 5.56 Å². The van der Waals surface area contributed by atoms with Crippen LogP contribution < -0.4 is 9.47 Å². The van der Waals surface area contributed by atoms with E-state index in [1.54, 1.807) is 25.1 Å². The number of aromatic nitrogens is 2. The van der Waals surface area contributed by atoms with E-state index >= 15 is 0 Å². The SMILES string of the molecule is Cc1noc(COC(=O)c2ccc3c(c2)OCO3)n1. The summed E-state index contributed by atoms with van der Waals surface area (Å²) >= 11 is 0. The molecule has 3 rings (SSSR count). The Kier molecular flexibility index (Phi) is 2.79. The van der Waals surface area contributed by atoms with E-state index in [9.17, 15) is 4.79 Å². The summed E-state index contributed by atoms with van der Waals surface area (Å²) < 4.78 is 20.2. The zero-order valence-corrected chi connectivity index (χ0v) is 10.1. The minimum Gasteiger partial charge on any atom is -0.454 e. The zero-order chi connectivity index (χ0) is 13.2. The molecule has 0 bridgehead atoms. The second-order valence-corrected chi connectivity index (χ2v) is 3.88. The molecule has 0 N–H and O–H groups in total. The molecule has 1 aliphatic rings. The van der Waals surface area contributed by atoms with Crippen LogP contribution >= 0.6 is 0 Å². The summed E-state index contributed by atoms with van der Waals surface area (Å²) in [5.41, 5.74) is 0.375. The maximum atomic E-state index is 11.8. The molecule has 1 aromatic heterocycles. The summed E-state index contributed by atoms with van der Waals surface area (Å²) in [5, 5.41) is 3.60. The number of fused-ring (bicyclic) bond motifs is 1. The van der Waals surface area contributed by atoms with Gasteiger partial charge in [0.15, 0.2) is 23.9 Å². The molecule has 0 atom stereocenters. The van der Waals surface area contributed by atoms with Gasteiger partial charge < -0.3 is 18.7 Å². The summed E-state index contributed by atoms with van der Waals surface area (Å²) in [5.74, 6) is 1.40. The normalized spacial score (nSPS) is 12.5.